The van der Waals surface area contributed by atoms with Crippen LogP contribution in [0, 0.1) is 12.8 Å². The maximum atomic E-state index is 12.6. The summed E-state index contributed by atoms with van der Waals surface area (Å²) in [5.41, 5.74) is 3.26. The molecule has 3 rings (SSSR count). The van der Waals surface area contributed by atoms with E-state index in [2.05, 4.69) is 39.7 Å². The summed E-state index contributed by atoms with van der Waals surface area (Å²) >= 11 is 0. The molecule has 1 aliphatic carbocycles. The van der Waals surface area contributed by atoms with Gasteiger partial charge in [0, 0.05) is 43.5 Å². The van der Waals surface area contributed by atoms with Gasteiger partial charge in [-0.25, -0.2) is 4.98 Å². The molecule has 2 aromatic rings. The molecule has 0 saturated heterocycles. The first-order valence-corrected chi connectivity index (χ1v) is 10.6. The van der Waals surface area contributed by atoms with Gasteiger partial charge in [0.15, 0.2) is 0 Å². The number of aryl methyl sites for hydroxylation is 2. The van der Waals surface area contributed by atoms with E-state index in [0.717, 1.165) is 55.6 Å². The van der Waals surface area contributed by atoms with Crippen molar-refractivity contribution in [2.75, 3.05) is 29.6 Å². The Morgan fingerprint density at radius 2 is 1.83 bits per heavy atom. The number of amides is 1. The zero-order valence-electron chi connectivity index (χ0n) is 18.0. The summed E-state index contributed by atoms with van der Waals surface area (Å²) in [5, 5.41) is 6.53. The van der Waals surface area contributed by atoms with Crippen molar-refractivity contribution in [1.29, 1.82) is 0 Å². The molecule has 29 heavy (non-hydrogen) atoms. The SMILES string of the molecule is CCCc1ccc(NC(=O)[C@H]2CC[C@@H](Nc3ncc(C)c(N(C)C)n3)CC2)cc1. The molecule has 0 radical (unpaired) electrons. The topological polar surface area (TPSA) is 70.2 Å². The molecule has 6 nitrogen and oxygen atoms in total. The summed E-state index contributed by atoms with van der Waals surface area (Å²) in [6.45, 7) is 4.19. The van der Waals surface area contributed by atoms with Crippen LogP contribution in [0.3, 0.4) is 0 Å². The molecular weight excluding hydrogens is 362 g/mol. The molecule has 1 amide bonds. The molecule has 1 saturated carbocycles. The van der Waals surface area contributed by atoms with E-state index in [4.69, 9.17) is 0 Å². The van der Waals surface area contributed by atoms with E-state index in [9.17, 15) is 4.79 Å². The normalized spacial score (nSPS) is 18.9. The number of carbonyl (C=O) groups is 1. The minimum atomic E-state index is 0.0691. The first kappa shape index (κ1) is 21.1. The van der Waals surface area contributed by atoms with E-state index in [-0.39, 0.29) is 11.8 Å². The lowest BCUT2D eigenvalue weighted by atomic mass is 9.85. The molecular formula is C23H33N5O. The lowest BCUT2D eigenvalue weighted by Crippen LogP contribution is -2.32. The Morgan fingerprint density at radius 1 is 1.14 bits per heavy atom. The maximum absolute atomic E-state index is 12.6. The highest BCUT2D eigenvalue weighted by atomic mass is 16.1. The number of benzene rings is 1. The quantitative estimate of drug-likeness (QED) is 0.726. The van der Waals surface area contributed by atoms with Gasteiger partial charge in [0.05, 0.1) is 0 Å². The van der Waals surface area contributed by atoms with Gasteiger partial charge >= 0.3 is 0 Å². The molecule has 0 atom stereocenters. The number of hydrogen-bond donors (Lipinski definition) is 2. The van der Waals surface area contributed by atoms with Crippen molar-refractivity contribution >= 4 is 23.4 Å². The molecule has 1 aliphatic rings. The van der Waals surface area contributed by atoms with Crippen molar-refractivity contribution in [3.05, 3.63) is 41.6 Å². The number of carbonyl (C=O) groups excluding carboxylic acids is 1. The van der Waals surface area contributed by atoms with Crippen molar-refractivity contribution in [2.24, 2.45) is 5.92 Å². The summed E-state index contributed by atoms with van der Waals surface area (Å²) in [5.74, 6) is 1.80. The highest BCUT2D eigenvalue weighted by Gasteiger charge is 2.26. The van der Waals surface area contributed by atoms with Crippen LogP contribution in [-0.4, -0.2) is 36.0 Å². The zero-order valence-corrected chi connectivity index (χ0v) is 18.0. The van der Waals surface area contributed by atoms with Crippen molar-refractivity contribution in [2.45, 2.75) is 58.4 Å². The molecule has 0 bridgehead atoms. The Labute approximate surface area is 174 Å². The summed E-state index contributed by atoms with van der Waals surface area (Å²) in [6.07, 6.45) is 7.71. The molecule has 1 aromatic carbocycles. The van der Waals surface area contributed by atoms with E-state index >= 15 is 0 Å². The molecule has 1 heterocycles. The zero-order chi connectivity index (χ0) is 20.8. The van der Waals surface area contributed by atoms with Gasteiger partial charge in [0.25, 0.3) is 0 Å². The number of rotatable bonds is 7. The lowest BCUT2D eigenvalue weighted by molar-refractivity contribution is -0.120. The fourth-order valence-electron chi connectivity index (χ4n) is 3.93. The smallest absolute Gasteiger partial charge is 0.227 e. The van der Waals surface area contributed by atoms with Crippen molar-refractivity contribution in [3.63, 3.8) is 0 Å². The number of nitrogens with zero attached hydrogens (tertiary/aromatic N) is 3. The molecule has 0 aliphatic heterocycles. The van der Waals surface area contributed by atoms with Crippen LogP contribution in [0.15, 0.2) is 30.5 Å². The third-order valence-electron chi connectivity index (χ3n) is 5.56. The van der Waals surface area contributed by atoms with Gasteiger partial charge in [-0.3, -0.25) is 4.79 Å². The van der Waals surface area contributed by atoms with Crippen LogP contribution in [0.5, 0.6) is 0 Å². The van der Waals surface area contributed by atoms with E-state index in [1.807, 2.05) is 44.2 Å². The third-order valence-corrected chi connectivity index (χ3v) is 5.56. The molecule has 6 heteroatoms. The van der Waals surface area contributed by atoms with Gasteiger partial charge in [-0.15, -0.1) is 0 Å². The van der Waals surface area contributed by atoms with Crippen LogP contribution in [-0.2, 0) is 11.2 Å². The van der Waals surface area contributed by atoms with Gasteiger partial charge in [0.2, 0.25) is 11.9 Å². The fraction of sp³-hybridized carbons (Fsp3) is 0.522. The molecule has 0 spiro atoms. The number of nitrogens with one attached hydrogen (secondary N) is 2. The number of aromatic nitrogens is 2. The van der Waals surface area contributed by atoms with E-state index in [1.165, 1.54) is 5.56 Å². The Hall–Kier alpha value is -2.63. The molecule has 1 fully saturated rings. The van der Waals surface area contributed by atoms with Crippen molar-refractivity contribution in [1.82, 2.24) is 9.97 Å². The summed E-state index contributed by atoms with van der Waals surface area (Å²) < 4.78 is 0. The van der Waals surface area contributed by atoms with E-state index < -0.39 is 0 Å². The number of anilines is 3. The minimum Gasteiger partial charge on any atom is -0.362 e. The Morgan fingerprint density at radius 3 is 2.45 bits per heavy atom. The van der Waals surface area contributed by atoms with Crippen molar-refractivity contribution < 1.29 is 4.79 Å². The Kier molecular flexibility index (Phi) is 7.07. The lowest BCUT2D eigenvalue weighted by Gasteiger charge is -2.28. The average molecular weight is 396 g/mol. The van der Waals surface area contributed by atoms with Crippen LogP contribution >= 0.6 is 0 Å². The monoisotopic (exact) mass is 395 g/mol. The third kappa shape index (κ3) is 5.68. The van der Waals surface area contributed by atoms with Crippen LogP contribution in [0.2, 0.25) is 0 Å². The predicted molar refractivity (Wildman–Crippen MR) is 120 cm³/mol. The van der Waals surface area contributed by atoms with Crippen LogP contribution in [0.1, 0.15) is 50.2 Å². The van der Waals surface area contributed by atoms with Gasteiger partial charge in [-0.2, -0.15) is 4.98 Å². The van der Waals surface area contributed by atoms with E-state index in [1.54, 1.807) is 0 Å². The fourth-order valence-corrected chi connectivity index (χ4v) is 3.93. The standard InChI is InChI=1S/C23H33N5O/c1-5-6-17-7-11-19(12-8-17)25-22(29)18-9-13-20(14-10-18)26-23-24-15-16(2)21(27-23)28(3)4/h7-8,11-12,15,18,20H,5-6,9-10,13-14H2,1-4H3,(H,25,29)(H,24,26,27)/t18-,20+. The second-order valence-corrected chi connectivity index (χ2v) is 8.22. The average Bonchev–Trinajstić information content (AvgIpc) is 2.71. The minimum absolute atomic E-state index is 0.0691. The maximum Gasteiger partial charge on any atom is 0.227 e. The van der Waals surface area contributed by atoms with Crippen molar-refractivity contribution in [3.8, 4) is 0 Å². The second kappa shape index (κ2) is 9.72. The molecule has 1 aromatic heterocycles. The first-order valence-electron chi connectivity index (χ1n) is 10.6. The molecule has 0 unspecified atom stereocenters. The van der Waals surface area contributed by atoms with Gasteiger partial charge in [-0.1, -0.05) is 25.5 Å². The van der Waals surface area contributed by atoms with E-state index in [0.29, 0.717) is 12.0 Å². The summed E-state index contributed by atoms with van der Waals surface area (Å²) in [4.78, 5) is 23.7. The summed E-state index contributed by atoms with van der Waals surface area (Å²) in [7, 11) is 3.97. The predicted octanol–water partition coefficient (Wildman–Crippen LogP) is 4.41. The highest BCUT2D eigenvalue weighted by molar-refractivity contribution is 5.92. The largest absolute Gasteiger partial charge is 0.362 e. The number of hydrogen-bond acceptors (Lipinski definition) is 5. The molecule has 156 valence electrons. The molecule has 2 N–H and O–H groups in total. The highest BCUT2D eigenvalue weighted by Crippen LogP contribution is 2.28. The first-order chi connectivity index (χ1) is 14.0. The van der Waals surface area contributed by atoms with Crippen LogP contribution in [0.4, 0.5) is 17.5 Å². The second-order valence-electron chi connectivity index (χ2n) is 8.22. The van der Waals surface area contributed by atoms with Crippen LogP contribution in [0.25, 0.3) is 0 Å². The van der Waals surface area contributed by atoms with Gasteiger partial charge < -0.3 is 15.5 Å². The summed E-state index contributed by atoms with van der Waals surface area (Å²) in [6, 6.07) is 8.53. The van der Waals surface area contributed by atoms with Crippen LogP contribution < -0.4 is 15.5 Å². The van der Waals surface area contributed by atoms with Gasteiger partial charge in [0.1, 0.15) is 5.82 Å². The van der Waals surface area contributed by atoms with Gasteiger partial charge in [-0.05, 0) is 56.7 Å². The Bertz CT molecular complexity index is 811. The Balaban J connectivity index is 1.49.